The van der Waals surface area contributed by atoms with Crippen molar-refractivity contribution in [1.82, 2.24) is 0 Å². The summed E-state index contributed by atoms with van der Waals surface area (Å²) in [5.41, 5.74) is 2.94. The number of hydrogen-bond donors (Lipinski definition) is 0. The van der Waals surface area contributed by atoms with Crippen molar-refractivity contribution < 1.29 is 47.8 Å². The third kappa shape index (κ3) is 16.7. The van der Waals surface area contributed by atoms with E-state index >= 15 is 0 Å². The Kier molecular flexibility index (Phi) is 18.6. The molecule has 0 bridgehead atoms. The number of rotatable bonds is 0. The first-order valence-corrected chi connectivity index (χ1v) is 14.3. The minimum Gasteiger partial charge on any atom is -1.00 e. The quantitative estimate of drug-likeness (QED) is 0.290. The topological polar surface area (TPSA) is 0 Å². The molecule has 0 aromatic rings. The summed E-state index contributed by atoms with van der Waals surface area (Å²) in [5.74, 6) is 1.11. The molecule has 0 nitrogen and oxygen atoms in total. The molecule has 2 unspecified atom stereocenters. The first-order chi connectivity index (χ1) is 8.31. The fourth-order valence-corrected chi connectivity index (χ4v) is 1.51. The van der Waals surface area contributed by atoms with Crippen LogP contribution in [0, 0.1) is 24.0 Å². The van der Waals surface area contributed by atoms with E-state index in [9.17, 15) is 0 Å². The van der Waals surface area contributed by atoms with Crippen molar-refractivity contribution in [2.45, 2.75) is 40.8 Å². The van der Waals surface area contributed by atoms with Crippen LogP contribution in [0.3, 0.4) is 0 Å². The first kappa shape index (κ1) is 25.6. The summed E-state index contributed by atoms with van der Waals surface area (Å²) in [4.78, 5) is 0. The van der Waals surface area contributed by atoms with Gasteiger partial charge in [0.05, 0.1) is 0 Å². The van der Waals surface area contributed by atoms with Crippen LogP contribution in [0.15, 0.2) is 35.5 Å². The van der Waals surface area contributed by atoms with Crippen LogP contribution in [0.4, 0.5) is 0 Å². The van der Waals surface area contributed by atoms with Gasteiger partial charge in [0.25, 0.3) is 0 Å². The van der Waals surface area contributed by atoms with Gasteiger partial charge >= 0.3 is 41.6 Å². The zero-order valence-corrected chi connectivity index (χ0v) is 19.3. The fourth-order valence-electron chi connectivity index (χ4n) is 1.51. The Morgan fingerprint density at radius 1 is 0.900 bits per heavy atom. The molecule has 2 aliphatic rings. The zero-order chi connectivity index (χ0) is 14.1. The van der Waals surface area contributed by atoms with E-state index in [1.54, 1.807) is 0 Å². The normalized spacial score (nSPS) is 21.2. The van der Waals surface area contributed by atoms with Gasteiger partial charge in [-0.1, -0.05) is 25.7 Å². The van der Waals surface area contributed by atoms with Gasteiger partial charge in [-0.15, -0.1) is 13.8 Å². The van der Waals surface area contributed by atoms with Crippen LogP contribution in [0.1, 0.15) is 27.7 Å². The molecule has 0 N–H and O–H groups in total. The molecular weight excluding hydrogens is 470 g/mol. The summed E-state index contributed by atoms with van der Waals surface area (Å²) in [6.07, 6.45) is 14.8. The molecule has 0 amide bonds. The second kappa shape index (κ2) is 14.6. The molecule has 2 rings (SSSR count). The van der Waals surface area contributed by atoms with Gasteiger partial charge in [-0.25, -0.2) is 23.3 Å². The zero-order valence-electron chi connectivity index (χ0n) is 13.2. The van der Waals surface area contributed by atoms with Gasteiger partial charge < -0.3 is 24.8 Å². The van der Waals surface area contributed by atoms with Gasteiger partial charge in [-0.05, 0) is 0 Å². The van der Waals surface area contributed by atoms with Crippen molar-refractivity contribution in [1.29, 1.82) is 0 Å². The maximum atomic E-state index is 3.15. The molecule has 0 spiro atoms. The summed E-state index contributed by atoms with van der Waals surface area (Å²) < 4.78 is 0. The minimum atomic E-state index is 0. The monoisotopic (exact) mass is 494 g/mol. The van der Waals surface area contributed by atoms with Crippen molar-refractivity contribution in [3.63, 3.8) is 0 Å². The Balaban J connectivity index is -0.000000215. The van der Waals surface area contributed by atoms with Crippen molar-refractivity contribution >= 4 is 5.49 Å². The Hall–Kier alpha value is 0.627. The van der Waals surface area contributed by atoms with Crippen LogP contribution in [0.2, 0.25) is 13.1 Å². The SMILES string of the molecule is CC1=CC(C)[C-]=C1.CC1=CC(C)[C-]=C1.C[Si](C)=[Hf+2].[Cl-].[Cl-]. The Labute approximate surface area is 152 Å². The molecule has 0 aliphatic heterocycles. The van der Waals surface area contributed by atoms with E-state index < -0.39 is 0 Å². The third-order valence-corrected chi connectivity index (χ3v) is 2.17. The summed E-state index contributed by atoms with van der Waals surface area (Å²) >= 11 is 1.45. The van der Waals surface area contributed by atoms with Gasteiger partial charge in [0.1, 0.15) is 0 Å². The van der Waals surface area contributed by atoms with E-state index in [0.717, 1.165) is 0 Å². The van der Waals surface area contributed by atoms with Crippen LogP contribution in [-0.4, -0.2) is 5.49 Å². The van der Waals surface area contributed by atoms with Crippen molar-refractivity contribution in [3.05, 3.63) is 47.6 Å². The molecule has 0 saturated heterocycles. The van der Waals surface area contributed by atoms with E-state index in [2.05, 4.69) is 65.1 Å². The van der Waals surface area contributed by atoms with E-state index in [0.29, 0.717) is 11.8 Å². The molecule has 2 aliphatic carbocycles. The van der Waals surface area contributed by atoms with Gasteiger partial charge in [0.2, 0.25) is 0 Å². The average Bonchev–Trinajstić information content (AvgIpc) is 2.76. The van der Waals surface area contributed by atoms with Gasteiger partial charge in [-0.3, -0.25) is 12.2 Å². The molecule has 0 aromatic heterocycles. The summed E-state index contributed by atoms with van der Waals surface area (Å²) in [7, 11) is 0. The van der Waals surface area contributed by atoms with Crippen LogP contribution in [0.25, 0.3) is 0 Å². The molecule has 0 saturated carbocycles. The molecule has 0 fully saturated rings. The van der Waals surface area contributed by atoms with Crippen LogP contribution in [0.5, 0.6) is 0 Å². The number of allylic oxidation sites excluding steroid dienone is 8. The van der Waals surface area contributed by atoms with Gasteiger partial charge in [-0.2, -0.15) is 12.2 Å². The Morgan fingerprint density at radius 3 is 1.20 bits per heavy atom. The molecule has 4 heteroatoms. The summed E-state index contributed by atoms with van der Waals surface area (Å²) in [6.45, 7) is 13.1. The predicted octanol–water partition coefficient (Wildman–Crippen LogP) is -1.32. The number of hydrogen-bond acceptors (Lipinski definition) is 0. The molecule has 0 heterocycles. The maximum Gasteiger partial charge on any atom is -1.00 e. The smallest absolute Gasteiger partial charge is 1.00 e. The summed E-state index contributed by atoms with van der Waals surface area (Å²) in [6, 6.07) is 0. The van der Waals surface area contributed by atoms with Gasteiger partial charge in [0, 0.05) is 0 Å². The predicted molar refractivity (Wildman–Crippen MR) is 79.0 cm³/mol. The molecule has 20 heavy (non-hydrogen) atoms. The molecule has 0 radical (unpaired) electrons. The van der Waals surface area contributed by atoms with E-state index in [1.807, 2.05) is 12.2 Å². The molecule has 112 valence electrons. The van der Waals surface area contributed by atoms with E-state index in [1.165, 1.54) is 34.1 Å². The van der Waals surface area contributed by atoms with Gasteiger partial charge in [0.15, 0.2) is 0 Å². The standard InChI is InChI=1S/2C7H9.C2H6Si.2ClH.Hf/c2*1-6-3-4-7(2)5-6;1-3-2;;;/h2*3,5,7H,1-2H3;1-2H3;2*1H;/q2*-1;;;;+2/p-2. The van der Waals surface area contributed by atoms with Crippen molar-refractivity contribution in [3.8, 4) is 0 Å². The third-order valence-electron chi connectivity index (χ3n) is 2.17. The number of halogens is 2. The van der Waals surface area contributed by atoms with Crippen molar-refractivity contribution in [2.24, 2.45) is 11.8 Å². The second-order valence-electron chi connectivity index (χ2n) is 5.02. The largest absolute Gasteiger partial charge is 1.00 e. The molecule has 2 atom stereocenters. The van der Waals surface area contributed by atoms with Crippen molar-refractivity contribution in [2.75, 3.05) is 0 Å². The first-order valence-electron chi connectivity index (χ1n) is 6.38. The second-order valence-corrected chi connectivity index (χ2v) is 17.8. The van der Waals surface area contributed by atoms with Crippen LogP contribution < -0.4 is 24.8 Å². The van der Waals surface area contributed by atoms with Crippen LogP contribution >= 0.6 is 0 Å². The fraction of sp³-hybridized carbons (Fsp3) is 0.500. The van der Waals surface area contributed by atoms with E-state index in [4.69, 9.17) is 0 Å². The minimum absolute atomic E-state index is 0. The summed E-state index contributed by atoms with van der Waals surface area (Å²) in [5, 5.41) is 0. The maximum absolute atomic E-state index is 3.15. The van der Waals surface area contributed by atoms with Crippen LogP contribution in [-0.2, 0) is 23.0 Å². The van der Waals surface area contributed by atoms with E-state index in [-0.39, 0.29) is 30.3 Å². The Bertz CT molecular complexity index is 359. The average molecular weight is 494 g/mol. The molecular formula is C16H24Cl2HfSi-2. The Morgan fingerprint density at radius 2 is 1.15 bits per heavy atom. The molecule has 0 aromatic carbocycles.